The quantitative estimate of drug-likeness (QED) is 0.0979. The molecule has 5 heterocycles. The van der Waals surface area contributed by atoms with Crippen LogP contribution in [-0.2, 0) is 87.1 Å². The van der Waals surface area contributed by atoms with Crippen molar-refractivity contribution >= 4 is 34.5 Å². The third-order valence-corrected chi connectivity index (χ3v) is 16.5. The molecule has 25 heteroatoms. The second-order valence-corrected chi connectivity index (χ2v) is 23.0. The molecule has 0 aromatic heterocycles. The van der Waals surface area contributed by atoms with Gasteiger partial charge >= 0.3 is 17.9 Å². The van der Waals surface area contributed by atoms with Gasteiger partial charge in [-0.1, -0.05) is 13.8 Å². The molecule has 5 saturated heterocycles. The van der Waals surface area contributed by atoms with E-state index < -0.39 is 182 Å². The van der Waals surface area contributed by atoms with Crippen molar-refractivity contribution in [3.63, 3.8) is 0 Å². The van der Waals surface area contributed by atoms with Crippen molar-refractivity contribution in [1.29, 1.82) is 0 Å². The van der Waals surface area contributed by atoms with Gasteiger partial charge in [0.2, 0.25) is 6.29 Å². The molecule has 0 spiro atoms. The van der Waals surface area contributed by atoms with Gasteiger partial charge in [0.1, 0.15) is 53.4 Å². The molecule has 5 aliphatic heterocycles. The monoisotopic (exact) mass is 1170 g/mol. The van der Waals surface area contributed by atoms with Crippen molar-refractivity contribution in [3.8, 4) is 17.2 Å². The molecule has 25 nitrogen and oxygen atoms in total. The molecule has 8 rings (SSSR count). The Labute approximate surface area is 475 Å². The maximum Gasteiger partial charge on any atom is 0.335 e. The van der Waals surface area contributed by atoms with Crippen molar-refractivity contribution in [1.82, 2.24) is 0 Å². The maximum atomic E-state index is 15.0. The van der Waals surface area contributed by atoms with Crippen LogP contribution in [0, 0.1) is 18.8 Å². The Morgan fingerprint density at radius 3 is 1.80 bits per heavy atom. The Morgan fingerprint density at radius 1 is 0.683 bits per heavy atom. The van der Waals surface area contributed by atoms with Crippen LogP contribution in [0.25, 0.3) is 10.8 Å². The average Bonchev–Trinajstić information content (AvgIpc) is 1.58. The second-order valence-electron chi connectivity index (χ2n) is 23.0. The van der Waals surface area contributed by atoms with Crippen LogP contribution in [-0.4, -0.2) is 210 Å². The van der Waals surface area contributed by atoms with Crippen LogP contribution in [0.15, 0.2) is 12.1 Å². The number of hydrogen-bond donors (Lipinski definition) is 6. The van der Waals surface area contributed by atoms with Crippen molar-refractivity contribution in [2.45, 2.75) is 242 Å². The average molecular weight is 1170 g/mol. The first-order valence-electron chi connectivity index (χ1n) is 28.0. The lowest BCUT2D eigenvalue weighted by molar-refractivity contribution is -0.334. The topological polar surface area (TPSA) is 328 Å². The summed E-state index contributed by atoms with van der Waals surface area (Å²) in [6.45, 7) is 15.9. The highest BCUT2D eigenvalue weighted by molar-refractivity contribution is 6.11. The number of carbonyl (C=O) groups excluding carboxylic acids is 4. The van der Waals surface area contributed by atoms with E-state index in [0.29, 0.717) is 0 Å². The number of aromatic hydroxyl groups is 2. The van der Waals surface area contributed by atoms with Gasteiger partial charge in [-0.05, 0) is 78.0 Å². The molecule has 82 heavy (non-hydrogen) atoms. The number of ether oxygens (including phenoxy) is 15. The van der Waals surface area contributed by atoms with Crippen molar-refractivity contribution in [2.24, 2.45) is 11.8 Å². The molecule has 2 aromatic rings. The van der Waals surface area contributed by atoms with Gasteiger partial charge in [0.15, 0.2) is 49.3 Å². The molecular weight excluding hydrogens is 1080 g/mol. The molecule has 0 radical (unpaired) electrons. The van der Waals surface area contributed by atoms with Gasteiger partial charge in [0, 0.05) is 64.7 Å². The van der Waals surface area contributed by atoms with Gasteiger partial charge in [0.05, 0.1) is 72.8 Å². The van der Waals surface area contributed by atoms with E-state index >= 15 is 4.79 Å². The number of fused-ring (bicyclic) bond motifs is 2. The zero-order valence-corrected chi connectivity index (χ0v) is 48.6. The standard InChI is InChI=1S/C57H82O25/c1-22(2)55(65)82-54-28(8)75-42(21-57(54,10)67)79-36-18-39(71-24(4)47(36)62)78-35-19-41(72-25(5)46(35)61)81-52-32(53(69-12)56(66)70-13)15-30-14-31-16-34(23(3)45(60)43(31)48(63)44(30)49(52)64)77-40-20-37(51(27(7)74-40)76-29(9)58)80-38-17-33(59)50(68-11)26(6)73-38/h14,16,22,24-28,32-33,35-42,46-47,50-54,59-63,67H,15,17-21H2,1-13H3/t24-,25-,26-,27-,28+,32-,33-,35+,36+,37-,38-,39+,40+,41+,42+,46-,47-,50-,51-,52+,53+,54+,57-/m1/s1. The van der Waals surface area contributed by atoms with Crippen LogP contribution in [0.2, 0.25) is 0 Å². The lowest BCUT2D eigenvalue weighted by Gasteiger charge is -2.46. The first-order valence-corrected chi connectivity index (χ1v) is 28.0. The minimum Gasteiger partial charge on any atom is -0.507 e. The van der Waals surface area contributed by atoms with Gasteiger partial charge in [-0.15, -0.1) is 0 Å². The lowest BCUT2D eigenvalue weighted by atomic mass is 9.76. The van der Waals surface area contributed by atoms with E-state index in [1.165, 1.54) is 28.1 Å². The number of methoxy groups -OCH3 is 3. The fraction of sp³-hybridized carbons (Fsp3) is 0.754. The number of Topliss-reactive ketones (excluding diaryl/α,β-unsaturated/α-hetero) is 1. The number of aliphatic hydroxyl groups excluding tert-OH is 3. The van der Waals surface area contributed by atoms with E-state index in [-0.39, 0.29) is 71.7 Å². The summed E-state index contributed by atoms with van der Waals surface area (Å²) in [4.78, 5) is 53.2. The van der Waals surface area contributed by atoms with E-state index in [9.17, 15) is 45.0 Å². The predicted octanol–water partition coefficient (Wildman–Crippen LogP) is 3.04. The third kappa shape index (κ3) is 13.5. The zero-order chi connectivity index (χ0) is 60.0. The zero-order valence-electron chi connectivity index (χ0n) is 48.6. The largest absolute Gasteiger partial charge is 0.507 e. The number of phenols is 2. The molecule has 1 aliphatic carbocycles. The molecule has 6 aliphatic rings. The van der Waals surface area contributed by atoms with Crippen molar-refractivity contribution in [2.75, 3.05) is 21.3 Å². The number of rotatable bonds is 17. The number of aliphatic hydroxyl groups is 4. The first-order chi connectivity index (χ1) is 38.6. The molecule has 0 unspecified atom stereocenters. The van der Waals surface area contributed by atoms with E-state index in [4.69, 9.17) is 71.1 Å². The van der Waals surface area contributed by atoms with E-state index in [1.54, 1.807) is 67.5 Å². The molecule has 0 amide bonds. The molecule has 6 N–H and O–H groups in total. The normalized spacial score (nSPS) is 39.3. The molecule has 23 atom stereocenters. The second kappa shape index (κ2) is 26.1. The van der Waals surface area contributed by atoms with E-state index in [0.717, 1.165) is 7.11 Å². The summed E-state index contributed by atoms with van der Waals surface area (Å²) < 4.78 is 89.8. The Kier molecular flexibility index (Phi) is 20.2. The number of benzene rings is 2. The van der Waals surface area contributed by atoms with E-state index in [1.807, 2.05) is 0 Å². The van der Waals surface area contributed by atoms with Crippen molar-refractivity contribution in [3.05, 3.63) is 28.8 Å². The van der Waals surface area contributed by atoms with Crippen LogP contribution in [0.1, 0.15) is 116 Å². The van der Waals surface area contributed by atoms with Gasteiger partial charge < -0.3 is 102 Å². The van der Waals surface area contributed by atoms with Gasteiger partial charge in [-0.25, -0.2) is 4.79 Å². The summed E-state index contributed by atoms with van der Waals surface area (Å²) in [7, 11) is 3.90. The van der Waals surface area contributed by atoms with Crippen LogP contribution in [0.4, 0.5) is 0 Å². The summed E-state index contributed by atoms with van der Waals surface area (Å²) in [5, 5.41) is 69.0. The molecule has 0 bridgehead atoms. The Bertz CT molecular complexity index is 2580. The van der Waals surface area contributed by atoms with Crippen molar-refractivity contribution < 1.29 is 121 Å². The number of ketones is 1. The number of carbonyl (C=O) groups is 4. The Hall–Kier alpha value is -4.42. The summed E-state index contributed by atoms with van der Waals surface area (Å²) >= 11 is 0. The molecule has 5 fully saturated rings. The van der Waals surface area contributed by atoms with Crippen LogP contribution in [0.5, 0.6) is 17.2 Å². The molecule has 0 saturated carbocycles. The van der Waals surface area contributed by atoms with Gasteiger partial charge in [-0.3, -0.25) is 14.4 Å². The highest BCUT2D eigenvalue weighted by Crippen LogP contribution is 2.48. The fourth-order valence-electron chi connectivity index (χ4n) is 12.2. The summed E-state index contributed by atoms with van der Waals surface area (Å²) in [5.41, 5.74) is -1.31. The van der Waals surface area contributed by atoms with Crippen LogP contribution >= 0.6 is 0 Å². The predicted molar refractivity (Wildman–Crippen MR) is 281 cm³/mol. The Morgan fingerprint density at radius 2 is 1.23 bits per heavy atom. The first kappa shape index (κ1) is 63.6. The fourth-order valence-corrected chi connectivity index (χ4v) is 12.2. The number of esters is 3. The van der Waals surface area contributed by atoms with Gasteiger partial charge in [-0.2, -0.15) is 0 Å². The minimum atomic E-state index is -1.55. The van der Waals surface area contributed by atoms with Crippen LogP contribution in [0.3, 0.4) is 0 Å². The molecule has 460 valence electrons. The smallest absolute Gasteiger partial charge is 0.335 e. The summed E-state index contributed by atoms with van der Waals surface area (Å²) in [6.07, 6.45) is -21.2. The van der Waals surface area contributed by atoms with Gasteiger partial charge in [0.25, 0.3) is 0 Å². The SMILES string of the molecule is COC(=O)[C@@H](OC)[C@@H]1Cc2cc3cc(O[C@H]4C[C@@H](O[C@@H]5C[C@@H](O)[C@H](OC)[C@@H](C)O5)[C@H](OC(C)=O)[C@@H](C)O4)c(C)c(O)c3c(O)c2C(=O)[C@H]1O[C@H]1C[C@H](O[C@H]2C[C@H](O[C@H]3C[C@@](C)(O)[C@@H](OC(=O)C(C)C)[C@H](C)O3)[C@H](O)[C@@H](C)O2)[C@H](O)[C@@H](C)O1. The highest BCUT2D eigenvalue weighted by Gasteiger charge is 2.52. The molecule has 2 aromatic carbocycles. The highest BCUT2D eigenvalue weighted by atomic mass is 16.7. The Balaban J connectivity index is 1.00. The number of hydrogen-bond acceptors (Lipinski definition) is 25. The summed E-state index contributed by atoms with van der Waals surface area (Å²) in [5.74, 6) is -5.08. The van der Waals surface area contributed by atoms with E-state index in [2.05, 4.69) is 0 Å². The molecular formula is C57H82O25. The third-order valence-electron chi connectivity index (χ3n) is 16.5. The van der Waals surface area contributed by atoms with Crippen LogP contribution < -0.4 is 4.74 Å². The summed E-state index contributed by atoms with van der Waals surface area (Å²) in [6, 6.07) is 3.14. The lowest BCUT2D eigenvalue weighted by Crippen LogP contribution is -2.59. The minimum absolute atomic E-state index is 0.00347. The maximum absolute atomic E-state index is 15.0. The number of phenolic OH excluding ortho intramolecular Hbond substituents is 2.